The van der Waals surface area contributed by atoms with Crippen LogP contribution in [0.3, 0.4) is 0 Å². The number of hydrogen-bond donors (Lipinski definition) is 1. The summed E-state index contributed by atoms with van der Waals surface area (Å²) in [5.74, 6) is 3.25. The number of rotatable bonds is 33. The fourth-order valence-electron chi connectivity index (χ4n) is 8.83. The van der Waals surface area contributed by atoms with Gasteiger partial charge in [-0.1, -0.05) is 178 Å². The van der Waals surface area contributed by atoms with E-state index in [4.69, 9.17) is 14.2 Å². The van der Waals surface area contributed by atoms with E-state index < -0.39 is 0 Å². The first-order valence-corrected chi connectivity index (χ1v) is 24.9. The highest BCUT2D eigenvalue weighted by molar-refractivity contribution is 5.46. The van der Waals surface area contributed by atoms with Gasteiger partial charge in [0.15, 0.2) is 0 Å². The van der Waals surface area contributed by atoms with Gasteiger partial charge in [0.1, 0.15) is 29.1 Å². The highest BCUT2D eigenvalue weighted by Crippen LogP contribution is 2.33. The first-order chi connectivity index (χ1) is 29.8. The Kier molecular flexibility index (Phi) is 24.0. The van der Waals surface area contributed by atoms with E-state index in [9.17, 15) is 5.11 Å². The van der Waals surface area contributed by atoms with Gasteiger partial charge in [0.2, 0.25) is 0 Å². The van der Waals surface area contributed by atoms with E-state index in [-0.39, 0.29) is 18.3 Å². The average Bonchev–Trinajstić information content (AvgIpc) is 3.25. The van der Waals surface area contributed by atoms with E-state index in [1.165, 1.54) is 138 Å². The molecule has 0 saturated heterocycles. The largest absolute Gasteiger partial charge is 0.508 e. The van der Waals surface area contributed by atoms with Crippen LogP contribution >= 0.6 is 0 Å². The topological polar surface area (TPSA) is 47.9 Å². The average molecular weight is 833 g/mol. The van der Waals surface area contributed by atoms with Gasteiger partial charge in [0.25, 0.3) is 0 Å². The first-order valence-electron chi connectivity index (χ1n) is 24.9. The summed E-state index contributed by atoms with van der Waals surface area (Å²) in [5, 5.41) is 11.6. The van der Waals surface area contributed by atoms with Crippen molar-refractivity contribution in [3.05, 3.63) is 118 Å². The number of aryl methyl sites for hydroxylation is 3. The predicted octanol–water partition coefficient (Wildman–Crippen LogP) is 16.1. The monoisotopic (exact) mass is 833 g/mol. The van der Waals surface area contributed by atoms with Gasteiger partial charge in [0.05, 0.1) is 12.2 Å². The third-order valence-corrected chi connectivity index (χ3v) is 12.3. The Balaban J connectivity index is 1.53. The molecule has 61 heavy (non-hydrogen) atoms. The molecule has 0 saturated carbocycles. The normalized spacial score (nSPS) is 12.9. The van der Waals surface area contributed by atoms with Crippen LogP contribution in [0.4, 0.5) is 0 Å². The number of benzene rings is 4. The predicted molar refractivity (Wildman–Crippen MR) is 260 cm³/mol. The third kappa shape index (κ3) is 18.5. The minimum absolute atomic E-state index is 0.0568. The van der Waals surface area contributed by atoms with Crippen molar-refractivity contribution in [1.29, 1.82) is 0 Å². The van der Waals surface area contributed by atoms with Gasteiger partial charge in [0, 0.05) is 24.8 Å². The van der Waals surface area contributed by atoms with Crippen molar-refractivity contribution in [3.8, 4) is 23.0 Å². The Labute approximate surface area is 373 Å². The molecule has 336 valence electrons. The summed E-state index contributed by atoms with van der Waals surface area (Å²) in [6.45, 7) is 13.3. The number of phenolic OH excluding ortho intramolecular Hbond substituents is 1. The zero-order valence-corrected chi connectivity index (χ0v) is 39.5. The molecule has 0 fully saturated rings. The molecule has 4 aromatic rings. The van der Waals surface area contributed by atoms with Gasteiger partial charge < -0.3 is 19.3 Å². The summed E-state index contributed by atoms with van der Waals surface area (Å²) >= 11 is 0. The van der Waals surface area contributed by atoms with Crippen LogP contribution in [-0.2, 0) is 38.5 Å². The van der Waals surface area contributed by atoms with Crippen LogP contribution in [0.1, 0.15) is 190 Å². The van der Waals surface area contributed by atoms with E-state index in [0.29, 0.717) is 18.6 Å². The molecule has 0 radical (unpaired) electrons. The van der Waals surface area contributed by atoms with Crippen LogP contribution in [0.15, 0.2) is 84.9 Å². The molecule has 0 aliphatic rings. The van der Waals surface area contributed by atoms with Crippen molar-refractivity contribution in [2.45, 2.75) is 214 Å². The first kappa shape index (κ1) is 49.7. The zero-order chi connectivity index (χ0) is 43.5. The maximum Gasteiger partial charge on any atom is 0.122 e. The van der Waals surface area contributed by atoms with Crippen LogP contribution < -0.4 is 14.2 Å². The maximum atomic E-state index is 11.6. The summed E-state index contributed by atoms with van der Waals surface area (Å²) in [4.78, 5) is 0. The molecule has 0 heterocycles. The van der Waals surface area contributed by atoms with Gasteiger partial charge >= 0.3 is 0 Å². The molecule has 4 rings (SSSR count). The number of aromatic hydroxyl groups is 1. The minimum Gasteiger partial charge on any atom is -0.508 e. The van der Waals surface area contributed by atoms with E-state index >= 15 is 0 Å². The fraction of sp³-hybridized carbons (Fsp3) is 0.579. The number of ether oxygens (including phenoxy) is 3. The molecule has 3 unspecified atom stereocenters. The molecule has 0 aliphatic heterocycles. The number of para-hydroxylation sites is 3. The number of unbranched alkanes of at least 4 members (excludes halogenated alkanes) is 15. The van der Waals surface area contributed by atoms with Crippen LogP contribution in [-0.4, -0.2) is 23.4 Å². The standard InChI is InChI=1S/C57H84O4/c1-7-10-13-16-19-22-31-48-34-25-28-37-55(48)59-45(4)42-51-40-41-54(58)53(44-47(6)61-57-39-30-27-36-50(57)33-24-21-18-15-12-9-3)52(51)43-46(5)60-56-38-29-26-35-49(56)32-23-20-17-14-11-8-2/h25-30,34-41,45-47,58H,7-24,31-33,42-44H2,1-6H3. The molecule has 1 N–H and O–H groups in total. The molecule has 0 amide bonds. The van der Waals surface area contributed by atoms with E-state index in [1.807, 2.05) is 6.07 Å². The lowest BCUT2D eigenvalue weighted by Crippen LogP contribution is -2.23. The quantitative estimate of drug-likeness (QED) is 0.0486. The molecule has 3 atom stereocenters. The van der Waals surface area contributed by atoms with Gasteiger partial charge in [-0.2, -0.15) is 0 Å². The lowest BCUT2D eigenvalue weighted by molar-refractivity contribution is 0.208. The van der Waals surface area contributed by atoms with Gasteiger partial charge in [-0.15, -0.1) is 0 Å². The van der Waals surface area contributed by atoms with Crippen molar-refractivity contribution in [2.75, 3.05) is 0 Å². The SMILES string of the molecule is CCCCCCCCc1ccccc1OC(C)Cc1ccc(O)c(CC(C)Oc2ccccc2CCCCCCCC)c1CC(C)Oc1ccccc1CCCCCCCC. The van der Waals surface area contributed by atoms with Crippen molar-refractivity contribution < 1.29 is 19.3 Å². The molecular weight excluding hydrogens is 749 g/mol. The minimum atomic E-state index is -0.137. The maximum absolute atomic E-state index is 11.6. The number of phenols is 1. The molecule has 4 aromatic carbocycles. The van der Waals surface area contributed by atoms with Crippen LogP contribution in [0.25, 0.3) is 0 Å². The molecule has 0 bridgehead atoms. The molecule has 0 aromatic heterocycles. The Bertz CT molecular complexity index is 1760. The summed E-state index contributed by atoms with van der Waals surface area (Å²) < 4.78 is 20.3. The molecular formula is C57H84O4. The zero-order valence-electron chi connectivity index (χ0n) is 39.5. The smallest absolute Gasteiger partial charge is 0.122 e. The Hall–Kier alpha value is -3.92. The lowest BCUT2D eigenvalue weighted by atomic mass is 9.90. The second kappa shape index (κ2) is 29.4. The van der Waals surface area contributed by atoms with Crippen LogP contribution in [0.2, 0.25) is 0 Å². The van der Waals surface area contributed by atoms with Gasteiger partial charge in [-0.3, -0.25) is 0 Å². The molecule has 4 nitrogen and oxygen atoms in total. The third-order valence-electron chi connectivity index (χ3n) is 12.3. The highest BCUT2D eigenvalue weighted by Gasteiger charge is 2.22. The summed E-state index contributed by atoms with van der Waals surface area (Å²) in [5.41, 5.74) is 7.13. The van der Waals surface area contributed by atoms with E-state index in [0.717, 1.165) is 54.1 Å². The Morgan fingerprint density at radius 1 is 0.361 bits per heavy atom. The van der Waals surface area contributed by atoms with Crippen molar-refractivity contribution >= 4 is 0 Å². The van der Waals surface area contributed by atoms with Crippen LogP contribution in [0, 0.1) is 0 Å². The summed E-state index contributed by atoms with van der Waals surface area (Å²) in [6, 6.07) is 29.7. The summed E-state index contributed by atoms with van der Waals surface area (Å²) in [7, 11) is 0. The fourth-order valence-corrected chi connectivity index (χ4v) is 8.83. The van der Waals surface area contributed by atoms with E-state index in [1.54, 1.807) is 0 Å². The second-order valence-corrected chi connectivity index (χ2v) is 18.0. The summed E-state index contributed by atoms with van der Waals surface area (Å²) in [6.07, 6.45) is 27.8. The number of hydrogen-bond acceptors (Lipinski definition) is 4. The Morgan fingerprint density at radius 2 is 0.689 bits per heavy atom. The van der Waals surface area contributed by atoms with Gasteiger partial charge in [-0.05, 0) is 111 Å². The van der Waals surface area contributed by atoms with Gasteiger partial charge in [-0.25, -0.2) is 0 Å². The molecule has 0 spiro atoms. The van der Waals surface area contributed by atoms with Crippen molar-refractivity contribution in [3.63, 3.8) is 0 Å². The van der Waals surface area contributed by atoms with E-state index in [2.05, 4.69) is 120 Å². The van der Waals surface area contributed by atoms with Crippen molar-refractivity contribution in [1.82, 2.24) is 0 Å². The Morgan fingerprint density at radius 3 is 1.08 bits per heavy atom. The highest BCUT2D eigenvalue weighted by atomic mass is 16.5. The molecule has 0 aliphatic carbocycles. The second-order valence-electron chi connectivity index (χ2n) is 18.0. The molecule has 4 heteroatoms. The lowest BCUT2D eigenvalue weighted by Gasteiger charge is -2.25. The van der Waals surface area contributed by atoms with Crippen molar-refractivity contribution in [2.24, 2.45) is 0 Å². The van der Waals surface area contributed by atoms with Crippen LogP contribution in [0.5, 0.6) is 23.0 Å².